The van der Waals surface area contributed by atoms with Crippen LogP contribution in [0.5, 0.6) is 0 Å². The van der Waals surface area contributed by atoms with Crippen LogP contribution in [-0.4, -0.2) is 5.91 Å². The summed E-state index contributed by atoms with van der Waals surface area (Å²) in [5.41, 5.74) is 5.91. The van der Waals surface area contributed by atoms with E-state index < -0.39 is 11.7 Å². The van der Waals surface area contributed by atoms with Crippen molar-refractivity contribution in [1.29, 1.82) is 0 Å². The number of hydrogen-bond acceptors (Lipinski definition) is 1. The highest BCUT2D eigenvalue weighted by Crippen LogP contribution is 2.22. The highest BCUT2D eigenvalue weighted by Gasteiger charge is 2.12. The van der Waals surface area contributed by atoms with Gasteiger partial charge in [0.1, 0.15) is 5.82 Å². The third-order valence-electron chi connectivity index (χ3n) is 1.89. The third kappa shape index (κ3) is 2.32. The van der Waals surface area contributed by atoms with Gasteiger partial charge < -0.3 is 5.73 Å². The quantitative estimate of drug-likeness (QED) is 0.891. The van der Waals surface area contributed by atoms with Crippen LogP contribution in [0.1, 0.15) is 29.3 Å². The summed E-state index contributed by atoms with van der Waals surface area (Å²) in [5, 5.41) is 0. The number of nitrogens with two attached hydrogens (primary N) is 1. The van der Waals surface area contributed by atoms with Gasteiger partial charge in [-0.05, 0) is 40.0 Å². The lowest BCUT2D eigenvalue weighted by atomic mass is 10.1. The second-order valence-electron chi connectivity index (χ2n) is 3.05. The predicted octanol–water partition coefficient (Wildman–Crippen LogP) is 2.64. The number of aryl methyl sites for hydroxylation is 1. The van der Waals surface area contributed by atoms with E-state index in [-0.39, 0.29) is 10.0 Å². The van der Waals surface area contributed by atoms with E-state index >= 15 is 0 Å². The molecule has 14 heavy (non-hydrogen) atoms. The van der Waals surface area contributed by atoms with Crippen LogP contribution in [0.25, 0.3) is 0 Å². The molecular weight excluding hydrogens is 249 g/mol. The summed E-state index contributed by atoms with van der Waals surface area (Å²) < 4.78 is 13.6. The fraction of sp³-hybridized carbons (Fsp3) is 0.300. The van der Waals surface area contributed by atoms with Gasteiger partial charge in [-0.1, -0.05) is 13.3 Å². The summed E-state index contributed by atoms with van der Waals surface area (Å²) >= 11 is 3.05. The molecule has 0 atom stereocenters. The summed E-state index contributed by atoms with van der Waals surface area (Å²) in [7, 11) is 0. The molecule has 0 aliphatic heterocycles. The number of halogens is 2. The Balaban J connectivity index is 3.21. The van der Waals surface area contributed by atoms with Crippen LogP contribution in [0.4, 0.5) is 4.39 Å². The van der Waals surface area contributed by atoms with E-state index in [0.29, 0.717) is 0 Å². The molecule has 2 N–H and O–H groups in total. The van der Waals surface area contributed by atoms with Crippen molar-refractivity contribution in [2.45, 2.75) is 19.8 Å². The van der Waals surface area contributed by atoms with Gasteiger partial charge in [0.25, 0.3) is 5.91 Å². The number of rotatable bonds is 3. The number of benzene rings is 1. The average molecular weight is 260 g/mol. The van der Waals surface area contributed by atoms with E-state index in [9.17, 15) is 9.18 Å². The summed E-state index contributed by atoms with van der Waals surface area (Å²) in [6, 6.07) is 3.18. The summed E-state index contributed by atoms with van der Waals surface area (Å²) in [6.07, 6.45) is 1.75. The molecule has 1 aromatic carbocycles. The Kier molecular flexibility index (Phi) is 3.63. The Morgan fingerprint density at radius 3 is 2.71 bits per heavy atom. The molecule has 1 aromatic rings. The van der Waals surface area contributed by atoms with Gasteiger partial charge in [-0.2, -0.15) is 0 Å². The molecule has 1 rings (SSSR count). The molecule has 0 spiro atoms. The highest BCUT2D eigenvalue weighted by molar-refractivity contribution is 9.10. The first-order valence-corrected chi connectivity index (χ1v) is 5.13. The third-order valence-corrected chi connectivity index (χ3v) is 2.47. The van der Waals surface area contributed by atoms with Crippen LogP contribution in [-0.2, 0) is 6.42 Å². The molecule has 76 valence electrons. The fourth-order valence-corrected chi connectivity index (χ4v) is 1.77. The van der Waals surface area contributed by atoms with E-state index in [0.717, 1.165) is 18.4 Å². The molecule has 0 saturated heterocycles. The first kappa shape index (κ1) is 11.2. The Morgan fingerprint density at radius 2 is 2.21 bits per heavy atom. The van der Waals surface area contributed by atoms with Crippen LogP contribution < -0.4 is 5.73 Å². The van der Waals surface area contributed by atoms with Gasteiger partial charge in [0.15, 0.2) is 0 Å². The topological polar surface area (TPSA) is 43.1 Å². The Morgan fingerprint density at radius 1 is 1.57 bits per heavy atom. The molecule has 0 bridgehead atoms. The van der Waals surface area contributed by atoms with Crippen molar-refractivity contribution in [2.24, 2.45) is 5.73 Å². The van der Waals surface area contributed by atoms with Crippen molar-refractivity contribution in [1.82, 2.24) is 0 Å². The SMILES string of the molecule is CCCc1cc(Br)c(F)c(C(N)=O)c1. The van der Waals surface area contributed by atoms with Gasteiger partial charge in [-0.25, -0.2) is 4.39 Å². The van der Waals surface area contributed by atoms with Crippen molar-refractivity contribution in [3.8, 4) is 0 Å². The maximum Gasteiger partial charge on any atom is 0.251 e. The lowest BCUT2D eigenvalue weighted by Crippen LogP contribution is -2.14. The number of carbonyl (C=O) groups is 1. The molecule has 0 fully saturated rings. The van der Waals surface area contributed by atoms with Gasteiger partial charge >= 0.3 is 0 Å². The number of carbonyl (C=O) groups excluding carboxylic acids is 1. The average Bonchev–Trinajstić information content (AvgIpc) is 2.11. The molecule has 0 heterocycles. The normalized spacial score (nSPS) is 10.2. The standard InChI is InChI=1S/C10H11BrFNO/c1-2-3-6-4-7(10(13)14)9(12)8(11)5-6/h4-5H,2-3H2,1H3,(H2,13,14). The Hall–Kier alpha value is -0.900. The van der Waals surface area contributed by atoms with Crippen molar-refractivity contribution < 1.29 is 9.18 Å². The van der Waals surface area contributed by atoms with E-state index in [1.54, 1.807) is 6.07 Å². The van der Waals surface area contributed by atoms with Crippen LogP contribution in [0, 0.1) is 5.82 Å². The van der Waals surface area contributed by atoms with Gasteiger partial charge in [0.05, 0.1) is 10.0 Å². The molecule has 4 heteroatoms. The zero-order chi connectivity index (χ0) is 10.7. The lowest BCUT2D eigenvalue weighted by Gasteiger charge is -2.05. The summed E-state index contributed by atoms with van der Waals surface area (Å²) in [5.74, 6) is -1.32. The lowest BCUT2D eigenvalue weighted by molar-refractivity contribution is 0.0996. The van der Waals surface area contributed by atoms with Gasteiger partial charge in [0.2, 0.25) is 0 Å². The van der Waals surface area contributed by atoms with Crippen LogP contribution in [0.15, 0.2) is 16.6 Å². The maximum atomic E-state index is 13.3. The Labute approximate surface area is 90.4 Å². The molecule has 1 amide bonds. The van der Waals surface area contributed by atoms with Crippen molar-refractivity contribution in [2.75, 3.05) is 0 Å². The second kappa shape index (κ2) is 4.55. The van der Waals surface area contributed by atoms with Crippen molar-refractivity contribution >= 4 is 21.8 Å². The number of amides is 1. The largest absolute Gasteiger partial charge is 0.366 e. The summed E-state index contributed by atoms with van der Waals surface area (Å²) in [4.78, 5) is 10.9. The van der Waals surface area contributed by atoms with Gasteiger partial charge in [-0.15, -0.1) is 0 Å². The zero-order valence-electron chi connectivity index (χ0n) is 7.81. The van der Waals surface area contributed by atoms with E-state index in [4.69, 9.17) is 5.73 Å². The molecule has 0 aliphatic carbocycles. The first-order valence-electron chi connectivity index (χ1n) is 4.34. The van der Waals surface area contributed by atoms with Crippen LogP contribution in [0.3, 0.4) is 0 Å². The van der Waals surface area contributed by atoms with Crippen LogP contribution >= 0.6 is 15.9 Å². The molecule has 0 saturated carbocycles. The summed E-state index contributed by atoms with van der Waals surface area (Å²) in [6.45, 7) is 2.02. The first-order chi connectivity index (χ1) is 6.56. The molecule has 0 aromatic heterocycles. The molecule has 0 unspecified atom stereocenters. The highest BCUT2D eigenvalue weighted by atomic mass is 79.9. The zero-order valence-corrected chi connectivity index (χ0v) is 9.40. The number of primary amides is 1. The van der Waals surface area contributed by atoms with Crippen molar-refractivity contribution in [3.63, 3.8) is 0 Å². The second-order valence-corrected chi connectivity index (χ2v) is 3.91. The molecule has 0 radical (unpaired) electrons. The maximum absolute atomic E-state index is 13.3. The minimum absolute atomic E-state index is 0.0529. The smallest absolute Gasteiger partial charge is 0.251 e. The Bertz CT molecular complexity index is 365. The van der Waals surface area contributed by atoms with E-state index in [1.165, 1.54) is 6.07 Å². The van der Waals surface area contributed by atoms with E-state index in [1.807, 2.05) is 6.92 Å². The van der Waals surface area contributed by atoms with Gasteiger partial charge in [0, 0.05) is 0 Å². The fourth-order valence-electron chi connectivity index (χ4n) is 1.26. The number of hydrogen-bond donors (Lipinski definition) is 1. The minimum atomic E-state index is -0.735. The molecule has 2 nitrogen and oxygen atoms in total. The molecule has 0 aliphatic rings. The van der Waals surface area contributed by atoms with Crippen LogP contribution in [0.2, 0.25) is 0 Å². The van der Waals surface area contributed by atoms with E-state index in [2.05, 4.69) is 15.9 Å². The predicted molar refractivity (Wildman–Crippen MR) is 56.6 cm³/mol. The monoisotopic (exact) mass is 259 g/mol. The van der Waals surface area contributed by atoms with Gasteiger partial charge in [-0.3, -0.25) is 4.79 Å². The van der Waals surface area contributed by atoms with Crippen molar-refractivity contribution in [3.05, 3.63) is 33.5 Å². The minimum Gasteiger partial charge on any atom is -0.366 e. The molecular formula is C10H11BrFNO.